The van der Waals surface area contributed by atoms with E-state index in [1.165, 1.54) is 22.7 Å². The first-order chi connectivity index (χ1) is 6.61. The maximum Gasteiger partial charge on any atom is 0.192 e. The van der Waals surface area contributed by atoms with Gasteiger partial charge in [0.1, 0.15) is 0 Å². The summed E-state index contributed by atoms with van der Waals surface area (Å²) in [6.45, 7) is 6.51. The van der Waals surface area contributed by atoms with Gasteiger partial charge in [-0.05, 0) is 25.5 Å². The molecule has 0 aliphatic carbocycles. The van der Waals surface area contributed by atoms with Gasteiger partial charge in [0.15, 0.2) is 9.76 Å². The minimum Gasteiger partial charge on any atom is -0.420 e. The van der Waals surface area contributed by atoms with Crippen molar-refractivity contribution in [3.05, 3.63) is 29.3 Å². The molecule has 0 radical (unpaired) electrons. The normalized spacial score (nSPS) is 13.9. The lowest BCUT2D eigenvalue weighted by Crippen LogP contribution is -2.24. The summed E-state index contributed by atoms with van der Waals surface area (Å²) in [5.41, 5.74) is 3.28. The maximum atomic E-state index is 5.89. The zero-order chi connectivity index (χ0) is 10.6. The molecule has 1 rings (SSSR count). The third kappa shape index (κ3) is 3.78. The summed E-state index contributed by atoms with van der Waals surface area (Å²) in [6.07, 6.45) is 1.17. The van der Waals surface area contributed by atoms with Gasteiger partial charge in [-0.2, -0.15) is 0 Å². The molecule has 0 saturated heterocycles. The number of aryl methyl sites for hydroxylation is 2. The smallest absolute Gasteiger partial charge is 0.192 e. The fourth-order valence-electron chi connectivity index (χ4n) is 1.51. The van der Waals surface area contributed by atoms with Crippen LogP contribution in [0.5, 0.6) is 0 Å². The van der Waals surface area contributed by atoms with Gasteiger partial charge in [-0.25, -0.2) is 0 Å². The fraction of sp³-hybridized carbons (Fsp3) is 0.455. The van der Waals surface area contributed by atoms with Gasteiger partial charge < -0.3 is 4.43 Å². The summed E-state index contributed by atoms with van der Waals surface area (Å²) in [6, 6.07) is 6.75. The molecule has 0 N–H and O–H groups in total. The fourth-order valence-corrected chi connectivity index (χ4v) is 3.53. The summed E-state index contributed by atoms with van der Waals surface area (Å²) < 4.78 is 5.89. The molecule has 0 spiro atoms. The van der Waals surface area contributed by atoms with Crippen LogP contribution >= 0.6 is 0 Å². The van der Waals surface area contributed by atoms with Crippen molar-refractivity contribution in [2.24, 2.45) is 0 Å². The van der Waals surface area contributed by atoms with Gasteiger partial charge in [0.2, 0.25) is 0 Å². The van der Waals surface area contributed by atoms with E-state index in [1.807, 2.05) is 0 Å². The number of benzene rings is 1. The van der Waals surface area contributed by atoms with E-state index in [4.69, 9.17) is 4.43 Å². The van der Waals surface area contributed by atoms with E-state index >= 15 is 0 Å². The Balaban J connectivity index is 2.58. The van der Waals surface area contributed by atoms with Crippen LogP contribution in [0.15, 0.2) is 18.2 Å². The van der Waals surface area contributed by atoms with E-state index < -0.39 is 9.76 Å². The molecule has 0 aromatic heterocycles. The van der Waals surface area contributed by atoms with Gasteiger partial charge in [0.25, 0.3) is 0 Å². The van der Waals surface area contributed by atoms with Gasteiger partial charge in [0.05, 0.1) is 0 Å². The minimum absolute atomic E-state index is 0.478. The van der Waals surface area contributed by atoms with Crippen LogP contribution in [-0.4, -0.2) is 25.7 Å². The van der Waals surface area contributed by atoms with Crippen molar-refractivity contribution < 1.29 is 4.43 Å². The van der Waals surface area contributed by atoms with Gasteiger partial charge in [0, 0.05) is 16.0 Å². The first-order valence-corrected chi connectivity index (χ1v) is 7.74. The summed E-state index contributed by atoms with van der Waals surface area (Å²) in [5, 5.41) is 1.44. The van der Waals surface area contributed by atoms with Gasteiger partial charge >= 0.3 is 0 Å². The number of hydrogen-bond donors (Lipinski definition) is 0. The van der Waals surface area contributed by atoms with Crippen LogP contribution in [0, 0.1) is 13.8 Å². The van der Waals surface area contributed by atoms with E-state index in [9.17, 15) is 0 Å². The second-order valence-electron chi connectivity index (χ2n) is 4.03. The van der Waals surface area contributed by atoms with Crippen LogP contribution in [0.25, 0.3) is 0 Å². The van der Waals surface area contributed by atoms with Crippen molar-refractivity contribution in [3.8, 4) is 0 Å². The van der Waals surface area contributed by atoms with Crippen LogP contribution in [0.2, 0.25) is 0 Å². The Morgan fingerprint density at radius 2 is 1.86 bits per heavy atom. The first-order valence-electron chi connectivity index (χ1n) is 5.30. The molecule has 78 valence electrons. The van der Waals surface area contributed by atoms with Crippen LogP contribution < -0.4 is 5.19 Å². The Morgan fingerprint density at radius 3 is 2.36 bits per heavy atom. The molecule has 0 fully saturated rings. The summed E-state index contributed by atoms with van der Waals surface area (Å²) in [5.74, 6) is 0. The molecule has 0 heterocycles. The Hall–Kier alpha value is -0.386. The maximum absolute atomic E-state index is 5.89. The van der Waals surface area contributed by atoms with Crippen molar-refractivity contribution in [3.63, 3.8) is 0 Å². The van der Waals surface area contributed by atoms with Gasteiger partial charge in [-0.3, -0.25) is 0 Å². The van der Waals surface area contributed by atoms with Crippen molar-refractivity contribution in [2.75, 3.05) is 0 Å². The minimum atomic E-state index is -0.478. The summed E-state index contributed by atoms with van der Waals surface area (Å²) in [7, 11) is 0.681. The predicted molar refractivity (Wildman–Crippen MR) is 69.2 cm³/mol. The van der Waals surface area contributed by atoms with E-state index in [0.717, 1.165) is 10.2 Å². The molecule has 1 aromatic rings. The number of rotatable bonds is 4. The lowest BCUT2D eigenvalue weighted by Gasteiger charge is -2.11. The largest absolute Gasteiger partial charge is 0.420 e. The molecule has 1 nitrogen and oxygen atoms in total. The topological polar surface area (TPSA) is 9.23 Å². The zero-order valence-electron chi connectivity index (χ0n) is 9.63. The van der Waals surface area contributed by atoms with Crippen LogP contribution in [0.3, 0.4) is 0 Å². The highest BCUT2D eigenvalue weighted by Crippen LogP contribution is 2.00. The average Bonchev–Trinajstić information content (AvgIpc) is 2.12. The third-order valence-electron chi connectivity index (χ3n) is 2.39. The molecule has 0 bridgehead atoms. The van der Waals surface area contributed by atoms with E-state index in [0.29, 0.717) is 5.73 Å². The zero-order valence-corrected chi connectivity index (χ0v) is 13.0. The molecule has 0 aliphatic heterocycles. The molecular weight excluding hydrogens is 204 g/mol. The monoisotopic (exact) mass is 224 g/mol. The first kappa shape index (κ1) is 11.7. The predicted octanol–water partition coefficient (Wildman–Crippen LogP) is 0.131. The summed E-state index contributed by atoms with van der Waals surface area (Å²) >= 11 is 0. The third-order valence-corrected chi connectivity index (χ3v) is 5.68. The van der Waals surface area contributed by atoms with Crippen molar-refractivity contribution in [1.29, 1.82) is 0 Å². The van der Waals surface area contributed by atoms with E-state index in [2.05, 4.69) is 39.0 Å². The summed E-state index contributed by atoms with van der Waals surface area (Å²) in [4.78, 5) is 0. The molecule has 14 heavy (non-hydrogen) atoms. The van der Waals surface area contributed by atoms with Crippen molar-refractivity contribution in [1.82, 2.24) is 0 Å². The number of hydrogen-bond acceptors (Lipinski definition) is 1. The Bertz CT molecular complexity index is 279. The Kier molecular flexibility index (Phi) is 4.58. The Labute approximate surface area is 92.2 Å². The molecular formula is C11H20OSi2. The molecule has 1 aromatic carbocycles. The van der Waals surface area contributed by atoms with Crippen molar-refractivity contribution >= 4 is 25.2 Å². The quantitative estimate of drug-likeness (QED) is 0.661. The highest BCUT2D eigenvalue weighted by Gasteiger charge is 2.01. The van der Waals surface area contributed by atoms with Gasteiger partial charge in [-0.1, -0.05) is 36.2 Å². The molecule has 0 aliphatic rings. The molecule has 3 heteroatoms. The second-order valence-corrected chi connectivity index (χ2v) is 6.75. The standard InChI is InChI=1S/C11H20OSi2/c1-4-11(13)12-14-10-6-8(2)5-9(3)7-10/h5-7,11H,4,14H2,1-3,13H3. The lowest BCUT2D eigenvalue weighted by atomic mass is 10.2. The van der Waals surface area contributed by atoms with Crippen molar-refractivity contribution in [2.45, 2.75) is 32.9 Å². The molecule has 0 amide bonds. The molecule has 1 unspecified atom stereocenters. The average molecular weight is 224 g/mol. The highest BCUT2D eigenvalue weighted by molar-refractivity contribution is 6.47. The van der Waals surface area contributed by atoms with Gasteiger partial charge in [-0.15, -0.1) is 0 Å². The molecule has 0 saturated carbocycles. The van der Waals surface area contributed by atoms with E-state index in [-0.39, 0.29) is 0 Å². The van der Waals surface area contributed by atoms with Crippen LogP contribution in [0.4, 0.5) is 0 Å². The SMILES string of the molecule is CCC([SiH3])O[SiH2]c1cc(C)cc(C)c1. The van der Waals surface area contributed by atoms with Crippen LogP contribution in [-0.2, 0) is 4.43 Å². The van der Waals surface area contributed by atoms with Crippen LogP contribution in [0.1, 0.15) is 24.5 Å². The highest BCUT2D eigenvalue weighted by atomic mass is 28.2. The second kappa shape index (κ2) is 5.48. The Morgan fingerprint density at radius 1 is 1.29 bits per heavy atom. The molecule has 1 atom stereocenters. The van der Waals surface area contributed by atoms with E-state index in [1.54, 1.807) is 0 Å². The lowest BCUT2D eigenvalue weighted by molar-refractivity contribution is 0.297.